The molecule has 2 aromatic heterocycles. The molecule has 1 unspecified atom stereocenters. The zero-order chi connectivity index (χ0) is 29.6. The van der Waals surface area contributed by atoms with Crippen LogP contribution in [0.25, 0.3) is 27.9 Å². The quantitative estimate of drug-likeness (QED) is 0.344. The third-order valence-corrected chi connectivity index (χ3v) is 9.18. The topological polar surface area (TPSA) is 115 Å². The molecule has 11 nitrogen and oxygen atoms in total. The number of hydrogen-bond donors (Lipinski definition) is 2. The normalized spacial score (nSPS) is 20.9. The Bertz CT molecular complexity index is 1710. The van der Waals surface area contributed by atoms with E-state index < -0.39 is 5.41 Å². The van der Waals surface area contributed by atoms with E-state index in [1.165, 1.54) is 11.1 Å². The Morgan fingerprint density at radius 1 is 1.07 bits per heavy atom. The highest BCUT2D eigenvalue weighted by atomic mass is 16.2. The fourth-order valence-corrected chi connectivity index (χ4v) is 6.76. The maximum absolute atomic E-state index is 13.8. The Labute approximate surface area is 250 Å². The number of H-pyrrole nitrogens is 1. The Hall–Kier alpha value is -4.51. The Morgan fingerprint density at radius 2 is 1.88 bits per heavy atom. The summed E-state index contributed by atoms with van der Waals surface area (Å²) in [6, 6.07) is 14.3. The molecule has 1 atom stereocenters. The number of amides is 2. The minimum Gasteiger partial charge on any atom is -0.368 e. The van der Waals surface area contributed by atoms with Crippen molar-refractivity contribution in [1.82, 2.24) is 34.8 Å². The summed E-state index contributed by atoms with van der Waals surface area (Å²) in [5, 5.41) is 16.1. The molecule has 0 aliphatic carbocycles. The van der Waals surface area contributed by atoms with E-state index in [4.69, 9.17) is 0 Å². The van der Waals surface area contributed by atoms with Crippen molar-refractivity contribution in [2.75, 3.05) is 56.0 Å². The third-order valence-electron chi connectivity index (χ3n) is 9.18. The van der Waals surface area contributed by atoms with Crippen molar-refractivity contribution in [2.24, 2.45) is 12.5 Å². The molecule has 2 saturated heterocycles. The Morgan fingerprint density at radius 3 is 2.63 bits per heavy atom. The molecule has 2 N–H and O–H groups in total. The summed E-state index contributed by atoms with van der Waals surface area (Å²) in [7, 11) is 1.86. The minimum absolute atomic E-state index is 0.132. The lowest BCUT2D eigenvalue weighted by Crippen LogP contribution is -2.43. The van der Waals surface area contributed by atoms with Crippen LogP contribution in [0.3, 0.4) is 0 Å². The molecule has 3 aliphatic rings. The summed E-state index contributed by atoms with van der Waals surface area (Å²) < 4.78 is 1.70. The van der Waals surface area contributed by atoms with E-state index in [1.54, 1.807) is 11.0 Å². The van der Waals surface area contributed by atoms with Gasteiger partial charge in [0.25, 0.3) is 0 Å². The summed E-state index contributed by atoms with van der Waals surface area (Å²) in [6.45, 7) is 6.58. The predicted molar refractivity (Wildman–Crippen MR) is 166 cm³/mol. The summed E-state index contributed by atoms with van der Waals surface area (Å²) in [5.41, 5.74) is 4.85. The number of rotatable bonds is 7. The number of anilines is 2. The second-order valence-electron chi connectivity index (χ2n) is 11.9. The number of fused-ring (bicyclic) bond motifs is 1. The lowest BCUT2D eigenvalue weighted by molar-refractivity contribution is -0.132. The highest BCUT2D eigenvalue weighted by Gasteiger charge is 2.51. The van der Waals surface area contributed by atoms with E-state index in [-0.39, 0.29) is 11.8 Å². The second-order valence-corrected chi connectivity index (χ2v) is 11.9. The molecule has 2 fully saturated rings. The van der Waals surface area contributed by atoms with Gasteiger partial charge < -0.3 is 15.1 Å². The average molecular weight is 580 g/mol. The van der Waals surface area contributed by atoms with Gasteiger partial charge in [-0.2, -0.15) is 10.2 Å². The number of aryl methyl sites for hydroxylation is 1. The SMILES string of the molecule is CCNc1n[nH]c2ccc(N3CCC4(CCN(CC(=O)N5CC=C(c6ccc(-c7ncn(C)n7)cc6)CC5)C4)C3=O)cc12. The van der Waals surface area contributed by atoms with Crippen LogP contribution in [0.15, 0.2) is 54.9 Å². The zero-order valence-corrected chi connectivity index (χ0v) is 24.7. The van der Waals surface area contributed by atoms with Crippen LogP contribution in [0, 0.1) is 5.41 Å². The largest absolute Gasteiger partial charge is 0.368 e. The number of aromatic nitrogens is 5. The first-order valence-electron chi connectivity index (χ1n) is 15.1. The minimum atomic E-state index is -0.415. The summed E-state index contributed by atoms with van der Waals surface area (Å²) >= 11 is 0. The smallest absolute Gasteiger partial charge is 0.237 e. The van der Waals surface area contributed by atoms with Crippen LogP contribution in [0.4, 0.5) is 11.5 Å². The number of nitrogens with one attached hydrogen (secondary N) is 2. The van der Waals surface area contributed by atoms with Crippen LogP contribution in [0.1, 0.15) is 31.7 Å². The van der Waals surface area contributed by atoms with Crippen molar-refractivity contribution < 1.29 is 9.59 Å². The van der Waals surface area contributed by atoms with Crippen molar-refractivity contribution in [1.29, 1.82) is 0 Å². The van der Waals surface area contributed by atoms with Gasteiger partial charge in [-0.05, 0) is 62.1 Å². The maximum Gasteiger partial charge on any atom is 0.237 e. The van der Waals surface area contributed by atoms with E-state index in [0.29, 0.717) is 38.5 Å². The number of benzene rings is 2. The van der Waals surface area contributed by atoms with Crippen LogP contribution in [-0.2, 0) is 16.6 Å². The first-order chi connectivity index (χ1) is 20.9. The van der Waals surface area contributed by atoms with Gasteiger partial charge in [0.05, 0.1) is 17.5 Å². The summed E-state index contributed by atoms with van der Waals surface area (Å²) in [6.07, 6.45) is 6.29. The molecule has 7 rings (SSSR count). The maximum atomic E-state index is 13.8. The van der Waals surface area contributed by atoms with Crippen molar-refractivity contribution in [3.8, 4) is 11.4 Å². The molecule has 2 aromatic carbocycles. The van der Waals surface area contributed by atoms with Gasteiger partial charge in [0.2, 0.25) is 11.8 Å². The monoisotopic (exact) mass is 579 g/mol. The van der Waals surface area contributed by atoms with Crippen LogP contribution in [-0.4, -0.2) is 92.4 Å². The molecule has 3 aliphatic heterocycles. The molecular weight excluding hydrogens is 542 g/mol. The highest BCUT2D eigenvalue weighted by Crippen LogP contribution is 2.43. The number of nitrogens with zero attached hydrogens (tertiary/aromatic N) is 7. The van der Waals surface area contributed by atoms with Gasteiger partial charge in [-0.25, -0.2) is 4.98 Å². The second kappa shape index (κ2) is 11.0. The third kappa shape index (κ3) is 5.07. The number of likely N-dealkylation sites (tertiary alicyclic amines) is 1. The molecule has 5 heterocycles. The van der Waals surface area contributed by atoms with Crippen LogP contribution < -0.4 is 10.2 Å². The van der Waals surface area contributed by atoms with Gasteiger partial charge in [0.15, 0.2) is 11.6 Å². The number of carbonyl (C=O) groups excluding carboxylic acids is 2. The fraction of sp³-hybridized carbons (Fsp3) is 0.406. The molecule has 0 radical (unpaired) electrons. The zero-order valence-electron chi connectivity index (χ0n) is 24.7. The molecule has 11 heteroatoms. The van der Waals surface area contributed by atoms with Gasteiger partial charge in [0.1, 0.15) is 6.33 Å². The number of carbonyl (C=O) groups is 2. The van der Waals surface area contributed by atoms with Crippen molar-refractivity contribution in [3.05, 3.63) is 60.4 Å². The van der Waals surface area contributed by atoms with E-state index in [1.807, 2.05) is 54.1 Å². The molecule has 0 bridgehead atoms. The van der Waals surface area contributed by atoms with Crippen LogP contribution >= 0.6 is 0 Å². The van der Waals surface area contributed by atoms with Gasteiger partial charge in [-0.3, -0.25) is 24.3 Å². The van der Waals surface area contributed by atoms with E-state index in [2.05, 4.69) is 48.7 Å². The number of aromatic amines is 1. The Balaban J connectivity index is 0.954. The molecule has 2 amide bonds. The van der Waals surface area contributed by atoms with E-state index in [0.717, 1.165) is 60.3 Å². The summed E-state index contributed by atoms with van der Waals surface area (Å²) in [4.78, 5) is 37.4. The average Bonchev–Trinajstić information content (AvgIpc) is 3.82. The van der Waals surface area contributed by atoms with Gasteiger partial charge >= 0.3 is 0 Å². The van der Waals surface area contributed by atoms with Crippen molar-refractivity contribution in [3.63, 3.8) is 0 Å². The molecule has 4 aromatic rings. The summed E-state index contributed by atoms with van der Waals surface area (Å²) in [5.74, 6) is 1.83. The van der Waals surface area contributed by atoms with E-state index >= 15 is 0 Å². The fourth-order valence-electron chi connectivity index (χ4n) is 6.76. The van der Waals surface area contributed by atoms with Gasteiger partial charge in [-0.1, -0.05) is 30.3 Å². The Kier molecular flexibility index (Phi) is 6.97. The van der Waals surface area contributed by atoms with Crippen LogP contribution in [0.2, 0.25) is 0 Å². The molecule has 222 valence electrons. The molecular formula is C32H37N9O2. The predicted octanol–water partition coefficient (Wildman–Crippen LogP) is 3.53. The van der Waals surface area contributed by atoms with Gasteiger partial charge in [-0.15, -0.1) is 0 Å². The first-order valence-corrected chi connectivity index (χ1v) is 15.1. The van der Waals surface area contributed by atoms with Crippen molar-refractivity contribution in [2.45, 2.75) is 26.2 Å². The van der Waals surface area contributed by atoms with Crippen LogP contribution in [0.5, 0.6) is 0 Å². The lowest BCUT2D eigenvalue weighted by atomic mass is 9.85. The van der Waals surface area contributed by atoms with Gasteiger partial charge in [0, 0.05) is 56.4 Å². The van der Waals surface area contributed by atoms with Crippen molar-refractivity contribution >= 4 is 39.8 Å². The molecule has 43 heavy (non-hydrogen) atoms. The standard InChI is InChI=1S/C32H37N9O2/c1-3-33-30-26-18-25(8-9-27(26)35-36-30)41-17-13-32(31(41)43)12-16-39(20-32)19-28(42)40-14-10-23(11-15-40)22-4-6-24(7-5-22)29-34-21-38(2)37-29/h4-10,18,21H,3,11-17,19-20H2,1-2H3,(H2,33,35,36). The number of hydrogen-bond acceptors (Lipinski definition) is 7. The lowest BCUT2D eigenvalue weighted by Gasteiger charge is -2.29. The molecule has 0 saturated carbocycles. The first kappa shape index (κ1) is 27.3. The molecule has 1 spiro atoms. The van der Waals surface area contributed by atoms with E-state index in [9.17, 15) is 9.59 Å². The highest BCUT2D eigenvalue weighted by molar-refractivity contribution is 6.03.